The van der Waals surface area contributed by atoms with E-state index in [9.17, 15) is 14.4 Å². The molecule has 2 N–H and O–H groups in total. The fraction of sp³-hybridized carbons (Fsp3) is 0.105. The number of nitrogens with zero attached hydrogens (tertiary/aromatic N) is 3. The minimum atomic E-state index is -0.876. The quantitative estimate of drug-likeness (QED) is 0.650. The van der Waals surface area contributed by atoms with Crippen LogP contribution in [0, 0.1) is 0 Å². The van der Waals surface area contributed by atoms with Crippen molar-refractivity contribution in [1.82, 2.24) is 25.4 Å². The molecule has 0 atom stereocenters. The number of amides is 3. The van der Waals surface area contributed by atoms with E-state index in [0.717, 1.165) is 5.56 Å². The first-order chi connectivity index (χ1) is 13.6. The fourth-order valence-corrected chi connectivity index (χ4v) is 2.34. The molecule has 0 saturated carbocycles. The van der Waals surface area contributed by atoms with Crippen LogP contribution in [0.2, 0.25) is 0 Å². The standard InChI is InChI=1S/C19H17N5O4/c1-20-19(27)21-15(25)12-28-18(26)16-22-17(13-8-4-2-5-9-13)24(23-16)14-10-6-3-7-11-14/h2-11H,12H2,1H3,(H2,20,21,25,27). The van der Waals surface area contributed by atoms with Gasteiger partial charge in [-0.3, -0.25) is 10.1 Å². The smallest absolute Gasteiger partial charge is 0.378 e. The van der Waals surface area contributed by atoms with E-state index in [-0.39, 0.29) is 5.82 Å². The summed E-state index contributed by atoms with van der Waals surface area (Å²) in [6.45, 7) is -0.632. The molecule has 0 bridgehead atoms. The number of rotatable bonds is 5. The van der Waals surface area contributed by atoms with E-state index in [1.165, 1.54) is 11.7 Å². The van der Waals surface area contributed by atoms with Gasteiger partial charge in [0.1, 0.15) is 0 Å². The average molecular weight is 379 g/mol. The van der Waals surface area contributed by atoms with Gasteiger partial charge in [0, 0.05) is 12.6 Å². The Morgan fingerprint density at radius 2 is 1.64 bits per heavy atom. The third-order valence-electron chi connectivity index (χ3n) is 3.64. The highest BCUT2D eigenvalue weighted by Gasteiger charge is 2.21. The lowest BCUT2D eigenvalue weighted by atomic mass is 10.2. The normalized spacial score (nSPS) is 10.2. The van der Waals surface area contributed by atoms with Gasteiger partial charge >= 0.3 is 12.0 Å². The predicted molar refractivity (Wildman–Crippen MR) is 99.7 cm³/mol. The van der Waals surface area contributed by atoms with Gasteiger partial charge in [0.2, 0.25) is 0 Å². The second-order valence-corrected chi connectivity index (χ2v) is 5.58. The first-order valence-electron chi connectivity index (χ1n) is 8.35. The summed E-state index contributed by atoms with van der Waals surface area (Å²) in [5.41, 5.74) is 1.47. The Hall–Kier alpha value is -4.01. The van der Waals surface area contributed by atoms with Gasteiger partial charge in [-0.2, -0.15) is 0 Å². The Morgan fingerprint density at radius 1 is 1.00 bits per heavy atom. The lowest BCUT2D eigenvalue weighted by Gasteiger charge is -2.05. The first-order valence-corrected chi connectivity index (χ1v) is 8.35. The molecule has 28 heavy (non-hydrogen) atoms. The number of aromatic nitrogens is 3. The number of para-hydroxylation sites is 1. The molecule has 0 saturated heterocycles. The molecule has 0 fully saturated rings. The summed E-state index contributed by atoms with van der Waals surface area (Å²) in [6.07, 6.45) is 0. The first kappa shape index (κ1) is 18.8. The minimum Gasteiger partial charge on any atom is -0.450 e. The Balaban J connectivity index is 1.84. The number of carbonyl (C=O) groups excluding carboxylic acids is 3. The Kier molecular flexibility index (Phi) is 5.75. The summed E-state index contributed by atoms with van der Waals surface area (Å²) in [5, 5.41) is 8.45. The number of hydrogen-bond donors (Lipinski definition) is 2. The van der Waals surface area contributed by atoms with E-state index < -0.39 is 24.5 Å². The van der Waals surface area contributed by atoms with Crippen LogP contribution < -0.4 is 10.6 Å². The fourth-order valence-electron chi connectivity index (χ4n) is 2.34. The molecule has 1 heterocycles. The zero-order valence-electron chi connectivity index (χ0n) is 15.0. The number of esters is 1. The van der Waals surface area contributed by atoms with Crippen molar-refractivity contribution in [2.24, 2.45) is 0 Å². The van der Waals surface area contributed by atoms with Crippen LogP contribution in [-0.4, -0.2) is 46.3 Å². The predicted octanol–water partition coefficient (Wildman–Crippen LogP) is 1.55. The molecular weight excluding hydrogens is 362 g/mol. The van der Waals surface area contributed by atoms with E-state index in [0.29, 0.717) is 11.5 Å². The van der Waals surface area contributed by atoms with Crippen molar-refractivity contribution in [3.05, 3.63) is 66.5 Å². The summed E-state index contributed by atoms with van der Waals surface area (Å²) in [7, 11) is 1.36. The van der Waals surface area contributed by atoms with Gasteiger partial charge in [-0.1, -0.05) is 48.5 Å². The molecule has 3 rings (SSSR count). The van der Waals surface area contributed by atoms with Gasteiger partial charge < -0.3 is 10.1 Å². The topological polar surface area (TPSA) is 115 Å². The van der Waals surface area contributed by atoms with Crippen molar-refractivity contribution < 1.29 is 19.1 Å². The molecule has 0 aliphatic heterocycles. The van der Waals surface area contributed by atoms with Gasteiger partial charge in [0.25, 0.3) is 11.7 Å². The molecule has 3 amide bonds. The zero-order chi connectivity index (χ0) is 19.9. The lowest BCUT2D eigenvalue weighted by molar-refractivity contribution is -0.123. The highest BCUT2D eigenvalue weighted by atomic mass is 16.5. The van der Waals surface area contributed by atoms with E-state index in [4.69, 9.17) is 4.74 Å². The van der Waals surface area contributed by atoms with Crippen LogP contribution in [0.5, 0.6) is 0 Å². The maximum atomic E-state index is 12.3. The third kappa shape index (κ3) is 4.39. The second kappa shape index (κ2) is 8.58. The Bertz CT molecular complexity index is 929. The molecule has 142 valence electrons. The van der Waals surface area contributed by atoms with Crippen LogP contribution in [-0.2, 0) is 9.53 Å². The molecular formula is C19H17N5O4. The van der Waals surface area contributed by atoms with E-state index in [1.54, 1.807) is 0 Å². The van der Waals surface area contributed by atoms with Gasteiger partial charge in [0.15, 0.2) is 12.4 Å². The van der Waals surface area contributed by atoms with Crippen LogP contribution in [0.3, 0.4) is 0 Å². The van der Waals surface area contributed by atoms with Gasteiger partial charge in [-0.15, -0.1) is 5.10 Å². The molecule has 0 unspecified atom stereocenters. The molecule has 9 heteroatoms. The van der Waals surface area contributed by atoms with Crippen LogP contribution in [0.4, 0.5) is 4.79 Å². The zero-order valence-corrected chi connectivity index (χ0v) is 15.0. The molecule has 9 nitrogen and oxygen atoms in total. The number of carbonyl (C=O) groups is 3. The molecule has 1 aromatic heterocycles. The molecule has 0 aliphatic rings. The summed E-state index contributed by atoms with van der Waals surface area (Å²) >= 11 is 0. The lowest BCUT2D eigenvalue weighted by Crippen LogP contribution is -2.39. The van der Waals surface area contributed by atoms with Crippen LogP contribution in [0.15, 0.2) is 60.7 Å². The van der Waals surface area contributed by atoms with E-state index in [2.05, 4.69) is 15.4 Å². The number of nitrogens with one attached hydrogen (secondary N) is 2. The number of ether oxygens (including phenoxy) is 1. The molecule has 0 radical (unpaired) electrons. The van der Waals surface area contributed by atoms with Crippen molar-refractivity contribution in [2.45, 2.75) is 0 Å². The van der Waals surface area contributed by atoms with Crippen molar-refractivity contribution in [3.8, 4) is 17.1 Å². The summed E-state index contributed by atoms with van der Waals surface area (Å²) in [5.74, 6) is -1.39. The Labute approximate surface area is 160 Å². The monoisotopic (exact) mass is 379 g/mol. The van der Waals surface area contributed by atoms with Gasteiger partial charge in [-0.25, -0.2) is 19.3 Å². The highest BCUT2D eigenvalue weighted by molar-refractivity contribution is 5.96. The number of benzene rings is 2. The van der Waals surface area contributed by atoms with Crippen molar-refractivity contribution in [3.63, 3.8) is 0 Å². The number of hydrogen-bond acceptors (Lipinski definition) is 6. The van der Waals surface area contributed by atoms with Gasteiger partial charge in [-0.05, 0) is 12.1 Å². The van der Waals surface area contributed by atoms with Crippen LogP contribution in [0.25, 0.3) is 17.1 Å². The minimum absolute atomic E-state index is 0.199. The maximum absolute atomic E-state index is 12.3. The maximum Gasteiger partial charge on any atom is 0.378 e. The Morgan fingerprint density at radius 3 is 2.29 bits per heavy atom. The summed E-state index contributed by atoms with van der Waals surface area (Å²) in [6, 6.07) is 17.8. The molecule has 2 aromatic carbocycles. The van der Waals surface area contributed by atoms with E-state index in [1.807, 2.05) is 66.0 Å². The third-order valence-corrected chi connectivity index (χ3v) is 3.64. The van der Waals surface area contributed by atoms with Gasteiger partial charge in [0.05, 0.1) is 5.69 Å². The van der Waals surface area contributed by atoms with Crippen LogP contribution in [0.1, 0.15) is 10.6 Å². The number of urea groups is 1. The molecule has 0 spiro atoms. The van der Waals surface area contributed by atoms with Crippen LogP contribution >= 0.6 is 0 Å². The SMILES string of the molecule is CNC(=O)NC(=O)COC(=O)c1nc(-c2ccccc2)n(-c2ccccc2)n1. The average Bonchev–Trinajstić information content (AvgIpc) is 3.19. The van der Waals surface area contributed by atoms with Crippen molar-refractivity contribution >= 4 is 17.9 Å². The largest absolute Gasteiger partial charge is 0.450 e. The van der Waals surface area contributed by atoms with E-state index >= 15 is 0 Å². The summed E-state index contributed by atoms with van der Waals surface area (Å²) in [4.78, 5) is 39.2. The second-order valence-electron chi connectivity index (χ2n) is 5.58. The molecule has 0 aliphatic carbocycles. The highest BCUT2D eigenvalue weighted by Crippen LogP contribution is 2.21. The molecule has 3 aromatic rings. The van der Waals surface area contributed by atoms with Crippen molar-refractivity contribution in [1.29, 1.82) is 0 Å². The number of imide groups is 1. The summed E-state index contributed by atoms with van der Waals surface area (Å²) < 4.78 is 6.43. The van der Waals surface area contributed by atoms with Crippen molar-refractivity contribution in [2.75, 3.05) is 13.7 Å².